The maximum absolute atomic E-state index is 6.09. The molecular formula is C15H23ClN2O. The molecule has 0 saturated heterocycles. The maximum Gasteiger partial charge on any atom is 0.0665 e. The number of rotatable bonds is 4. The summed E-state index contributed by atoms with van der Waals surface area (Å²) in [6.45, 7) is 9.33. The predicted octanol–water partition coefficient (Wildman–Crippen LogP) is 3.85. The maximum atomic E-state index is 6.09. The first-order chi connectivity index (χ1) is 8.86. The third kappa shape index (κ3) is 2.67. The van der Waals surface area contributed by atoms with E-state index in [1.54, 1.807) is 0 Å². The number of ether oxygens (including phenoxy) is 1. The summed E-state index contributed by atoms with van der Waals surface area (Å²) in [6.07, 6.45) is 1.36. The van der Waals surface area contributed by atoms with Gasteiger partial charge in [0.05, 0.1) is 16.8 Å². The van der Waals surface area contributed by atoms with E-state index in [9.17, 15) is 0 Å². The van der Waals surface area contributed by atoms with E-state index in [2.05, 4.69) is 19.2 Å². The van der Waals surface area contributed by atoms with Crippen LogP contribution >= 0.6 is 11.6 Å². The molecule has 19 heavy (non-hydrogen) atoms. The van der Waals surface area contributed by atoms with Crippen LogP contribution in [0, 0.1) is 12.3 Å². The van der Waals surface area contributed by atoms with Crippen molar-refractivity contribution in [3.8, 4) is 0 Å². The summed E-state index contributed by atoms with van der Waals surface area (Å²) in [4.78, 5) is 0. The Balaban J connectivity index is 2.09. The topological polar surface area (TPSA) is 47.3 Å². The van der Waals surface area contributed by atoms with Crippen molar-refractivity contribution in [2.45, 2.75) is 46.3 Å². The van der Waals surface area contributed by atoms with Crippen molar-refractivity contribution in [1.29, 1.82) is 0 Å². The van der Waals surface area contributed by atoms with Gasteiger partial charge in [0.15, 0.2) is 0 Å². The molecule has 0 bridgehead atoms. The van der Waals surface area contributed by atoms with E-state index in [0.29, 0.717) is 22.9 Å². The third-order valence-electron chi connectivity index (χ3n) is 4.22. The highest BCUT2D eigenvalue weighted by Crippen LogP contribution is 2.45. The minimum absolute atomic E-state index is 0.135. The van der Waals surface area contributed by atoms with Crippen molar-refractivity contribution < 1.29 is 4.74 Å². The number of benzene rings is 1. The van der Waals surface area contributed by atoms with Gasteiger partial charge < -0.3 is 15.8 Å². The van der Waals surface area contributed by atoms with Crippen LogP contribution in [0.2, 0.25) is 5.02 Å². The smallest absolute Gasteiger partial charge is 0.0665 e. The average molecular weight is 283 g/mol. The lowest BCUT2D eigenvalue weighted by atomic mass is 9.64. The number of hydrogen-bond donors (Lipinski definition) is 2. The van der Waals surface area contributed by atoms with Gasteiger partial charge >= 0.3 is 0 Å². The summed E-state index contributed by atoms with van der Waals surface area (Å²) < 4.78 is 5.75. The monoisotopic (exact) mass is 282 g/mol. The first-order valence-electron chi connectivity index (χ1n) is 6.80. The van der Waals surface area contributed by atoms with Crippen molar-refractivity contribution >= 4 is 23.0 Å². The Kier molecular flexibility index (Phi) is 3.98. The molecule has 106 valence electrons. The Morgan fingerprint density at radius 1 is 1.47 bits per heavy atom. The van der Waals surface area contributed by atoms with E-state index >= 15 is 0 Å². The molecule has 1 aromatic rings. The van der Waals surface area contributed by atoms with Crippen LogP contribution in [0.4, 0.5) is 11.4 Å². The second kappa shape index (κ2) is 5.22. The molecule has 2 rings (SSSR count). The third-order valence-corrected chi connectivity index (χ3v) is 4.55. The fourth-order valence-electron chi connectivity index (χ4n) is 2.66. The number of nitrogen functional groups attached to an aromatic ring is 1. The highest BCUT2D eigenvalue weighted by molar-refractivity contribution is 6.33. The number of aryl methyl sites for hydroxylation is 1. The molecule has 2 atom stereocenters. The van der Waals surface area contributed by atoms with Crippen molar-refractivity contribution in [3.05, 3.63) is 22.7 Å². The molecule has 4 heteroatoms. The SMILES string of the molecule is CCOC1CC(Nc2cc(Cl)c(N)cc2C)C1(C)C. The molecule has 2 unspecified atom stereocenters. The minimum atomic E-state index is 0.135. The lowest BCUT2D eigenvalue weighted by Crippen LogP contribution is -2.58. The Morgan fingerprint density at radius 3 is 2.74 bits per heavy atom. The molecule has 3 nitrogen and oxygen atoms in total. The van der Waals surface area contributed by atoms with Gasteiger partial charge in [-0.2, -0.15) is 0 Å². The fourth-order valence-corrected chi connectivity index (χ4v) is 2.83. The standard InChI is InChI=1S/C15H23ClN2O/c1-5-19-14-8-13(15(14,3)4)18-12-7-10(16)11(17)6-9(12)2/h6-7,13-14,18H,5,8,17H2,1-4H3. The predicted molar refractivity (Wildman–Crippen MR) is 81.8 cm³/mol. The van der Waals surface area contributed by atoms with Crippen LogP contribution < -0.4 is 11.1 Å². The van der Waals surface area contributed by atoms with Crippen LogP contribution in [0.25, 0.3) is 0 Å². The van der Waals surface area contributed by atoms with Crippen LogP contribution in [-0.4, -0.2) is 18.8 Å². The van der Waals surface area contributed by atoms with E-state index in [1.165, 1.54) is 0 Å². The van der Waals surface area contributed by atoms with E-state index in [-0.39, 0.29) is 5.41 Å². The zero-order chi connectivity index (χ0) is 14.2. The fraction of sp³-hybridized carbons (Fsp3) is 0.600. The van der Waals surface area contributed by atoms with E-state index in [0.717, 1.165) is 24.3 Å². The summed E-state index contributed by atoms with van der Waals surface area (Å²) in [7, 11) is 0. The zero-order valence-corrected chi connectivity index (χ0v) is 12.8. The van der Waals surface area contributed by atoms with Crippen LogP contribution in [0.5, 0.6) is 0 Å². The number of halogens is 1. The summed E-state index contributed by atoms with van der Waals surface area (Å²) in [5, 5.41) is 4.18. The molecule has 1 aromatic carbocycles. The van der Waals surface area contributed by atoms with E-state index in [1.807, 2.05) is 26.0 Å². The Bertz CT molecular complexity index is 473. The molecule has 1 fully saturated rings. The number of nitrogens with two attached hydrogens (primary N) is 1. The number of nitrogens with one attached hydrogen (secondary N) is 1. The molecule has 0 heterocycles. The molecule has 1 saturated carbocycles. The molecule has 1 aliphatic carbocycles. The molecule has 3 N–H and O–H groups in total. The van der Waals surface area contributed by atoms with Crippen molar-refractivity contribution in [2.24, 2.45) is 5.41 Å². The van der Waals surface area contributed by atoms with Crippen molar-refractivity contribution in [3.63, 3.8) is 0 Å². The lowest BCUT2D eigenvalue weighted by molar-refractivity contribution is -0.0976. The highest BCUT2D eigenvalue weighted by atomic mass is 35.5. The van der Waals surface area contributed by atoms with Gasteiger partial charge in [0.25, 0.3) is 0 Å². The van der Waals surface area contributed by atoms with Gasteiger partial charge in [-0.3, -0.25) is 0 Å². The average Bonchev–Trinajstić information content (AvgIpc) is 2.34. The zero-order valence-electron chi connectivity index (χ0n) is 12.1. The summed E-state index contributed by atoms with van der Waals surface area (Å²) >= 11 is 6.09. The van der Waals surface area contributed by atoms with E-state index in [4.69, 9.17) is 22.1 Å². The van der Waals surface area contributed by atoms with Crippen LogP contribution in [0.3, 0.4) is 0 Å². The quantitative estimate of drug-likeness (QED) is 0.825. The lowest BCUT2D eigenvalue weighted by Gasteiger charge is -2.52. The molecule has 0 radical (unpaired) electrons. The largest absolute Gasteiger partial charge is 0.398 e. The second-order valence-electron chi connectivity index (χ2n) is 5.89. The molecule has 0 aliphatic heterocycles. The Morgan fingerprint density at radius 2 is 2.16 bits per heavy atom. The summed E-state index contributed by atoms with van der Waals surface area (Å²) in [6, 6.07) is 4.23. The van der Waals surface area contributed by atoms with Gasteiger partial charge in [-0.05, 0) is 38.0 Å². The summed E-state index contributed by atoms with van der Waals surface area (Å²) in [5.41, 5.74) is 8.75. The van der Waals surface area contributed by atoms with Crippen LogP contribution in [0.1, 0.15) is 32.8 Å². The number of anilines is 2. The molecule has 1 aliphatic rings. The second-order valence-corrected chi connectivity index (χ2v) is 6.29. The summed E-state index contributed by atoms with van der Waals surface area (Å²) in [5.74, 6) is 0. The van der Waals surface area contributed by atoms with Gasteiger partial charge in [0.2, 0.25) is 0 Å². The van der Waals surface area contributed by atoms with Crippen molar-refractivity contribution in [1.82, 2.24) is 0 Å². The van der Waals surface area contributed by atoms with Gasteiger partial charge in [-0.15, -0.1) is 0 Å². The van der Waals surface area contributed by atoms with Gasteiger partial charge in [0, 0.05) is 23.8 Å². The molecule has 0 amide bonds. The Labute approximate surface area is 120 Å². The highest BCUT2D eigenvalue weighted by Gasteiger charge is 2.48. The Hall–Kier alpha value is -0.930. The van der Waals surface area contributed by atoms with Gasteiger partial charge in [-0.1, -0.05) is 25.4 Å². The molecular weight excluding hydrogens is 260 g/mol. The number of hydrogen-bond acceptors (Lipinski definition) is 3. The normalized spacial score (nSPS) is 24.9. The molecule has 0 spiro atoms. The van der Waals surface area contributed by atoms with Crippen LogP contribution in [-0.2, 0) is 4.74 Å². The van der Waals surface area contributed by atoms with Crippen LogP contribution in [0.15, 0.2) is 12.1 Å². The first kappa shape index (κ1) is 14.5. The molecule has 0 aromatic heterocycles. The van der Waals surface area contributed by atoms with Gasteiger partial charge in [0.1, 0.15) is 0 Å². The first-order valence-corrected chi connectivity index (χ1v) is 7.17. The van der Waals surface area contributed by atoms with Gasteiger partial charge in [-0.25, -0.2) is 0 Å². The minimum Gasteiger partial charge on any atom is -0.398 e. The van der Waals surface area contributed by atoms with E-state index < -0.39 is 0 Å². The van der Waals surface area contributed by atoms with Crippen molar-refractivity contribution in [2.75, 3.05) is 17.7 Å².